The third kappa shape index (κ3) is 4.11. The topological polar surface area (TPSA) is 66.2 Å². The van der Waals surface area contributed by atoms with E-state index in [4.69, 9.17) is 10.00 Å². The van der Waals surface area contributed by atoms with Crippen LogP contribution < -0.4 is 4.74 Å². The molecule has 0 fully saturated rings. The zero-order valence-electron chi connectivity index (χ0n) is 14.2. The van der Waals surface area contributed by atoms with Crippen LogP contribution in [0, 0.1) is 11.3 Å². The van der Waals surface area contributed by atoms with Gasteiger partial charge in [0, 0.05) is 18.8 Å². The Morgan fingerprint density at radius 2 is 2.00 bits per heavy atom. The Balaban J connectivity index is 2.26. The molecule has 0 atom stereocenters. The standard InChI is InChI=1S/C19H21N3O2/c1-4-24-18-17(6-5-11-21-18)19(23)22(14(2)3)13-16-9-7-15(12-20)8-10-16/h5-11,14H,4,13H2,1-3H3. The van der Waals surface area contributed by atoms with Gasteiger partial charge in [0.25, 0.3) is 5.91 Å². The van der Waals surface area contributed by atoms with E-state index in [1.165, 1.54) is 0 Å². The van der Waals surface area contributed by atoms with E-state index >= 15 is 0 Å². The number of ether oxygens (including phenoxy) is 1. The molecule has 0 unspecified atom stereocenters. The molecule has 0 N–H and O–H groups in total. The first-order valence-corrected chi connectivity index (χ1v) is 7.94. The van der Waals surface area contributed by atoms with Gasteiger partial charge in [-0.2, -0.15) is 5.26 Å². The predicted molar refractivity (Wildman–Crippen MR) is 91.6 cm³/mol. The fraction of sp³-hybridized carbons (Fsp3) is 0.316. The second kappa shape index (κ2) is 8.11. The molecule has 1 aromatic heterocycles. The molecule has 0 radical (unpaired) electrons. The van der Waals surface area contributed by atoms with Crippen molar-refractivity contribution in [2.24, 2.45) is 0 Å². The highest BCUT2D eigenvalue weighted by molar-refractivity contribution is 5.96. The number of aromatic nitrogens is 1. The number of amides is 1. The molecule has 0 saturated carbocycles. The van der Waals surface area contributed by atoms with Crippen LogP contribution >= 0.6 is 0 Å². The fourth-order valence-corrected chi connectivity index (χ4v) is 2.33. The molecule has 5 heteroatoms. The second-order valence-corrected chi connectivity index (χ2v) is 5.62. The van der Waals surface area contributed by atoms with Gasteiger partial charge >= 0.3 is 0 Å². The van der Waals surface area contributed by atoms with Crippen LogP contribution in [0.25, 0.3) is 0 Å². The first-order chi connectivity index (χ1) is 11.6. The molecule has 5 nitrogen and oxygen atoms in total. The Kier molecular flexibility index (Phi) is 5.91. The molecule has 0 aliphatic rings. The average molecular weight is 323 g/mol. The molecule has 0 saturated heterocycles. The maximum Gasteiger partial charge on any atom is 0.259 e. The molecule has 2 rings (SSSR count). The fourth-order valence-electron chi connectivity index (χ4n) is 2.33. The molecular weight excluding hydrogens is 302 g/mol. The monoisotopic (exact) mass is 323 g/mol. The van der Waals surface area contributed by atoms with Gasteiger partial charge in [-0.05, 0) is 50.6 Å². The van der Waals surface area contributed by atoms with Crippen LogP contribution in [0.1, 0.15) is 42.3 Å². The smallest absolute Gasteiger partial charge is 0.259 e. The molecule has 0 aliphatic heterocycles. The van der Waals surface area contributed by atoms with Gasteiger partial charge in [0.1, 0.15) is 5.56 Å². The number of nitriles is 1. The minimum Gasteiger partial charge on any atom is -0.477 e. The highest BCUT2D eigenvalue weighted by Crippen LogP contribution is 2.20. The SMILES string of the molecule is CCOc1ncccc1C(=O)N(Cc1ccc(C#N)cc1)C(C)C. The maximum atomic E-state index is 13.0. The number of carbonyl (C=O) groups excluding carboxylic acids is 1. The normalized spacial score (nSPS) is 10.3. The summed E-state index contributed by atoms with van der Waals surface area (Å²) >= 11 is 0. The van der Waals surface area contributed by atoms with Crippen molar-refractivity contribution in [2.75, 3.05) is 6.61 Å². The van der Waals surface area contributed by atoms with Gasteiger partial charge in [0.05, 0.1) is 18.2 Å². The largest absolute Gasteiger partial charge is 0.477 e. The van der Waals surface area contributed by atoms with Gasteiger partial charge in [-0.25, -0.2) is 4.98 Å². The van der Waals surface area contributed by atoms with Crippen molar-refractivity contribution >= 4 is 5.91 Å². The first-order valence-electron chi connectivity index (χ1n) is 7.94. The van der Waals surface area contributed by atoms with Crippen molar-refractivity contribution < 1.29 is 9.53 Å². The van der Waals surface area contributed by atoms with Crippen LogP contribution in [0.5, 0.6) is 5.88 Å². The van der Waals surface area contributed by atoms with E-state index in [1.807, 2.05) is 32.9 Å². The summed E-state index contributed by atoms with van der Waals surface area (Å²) < 4.78 is 5.47. The lowest BCUT2D eigenvalue weighted by molar-refractivity contribution is 0.0685. The Labute approximate surface area is 142 Å². The van der Waals surface area contributed by atoms with Crippen LogP contribution in [-0.4, -0.2) is 28.4 Å². The summed E-state index contributed by atoms with van der Waals surface area (Å²) in [6.45, 7) is 6.72. The minimum absolute atomic E-state index is 0.0165. The zero-order chi connectivity index (χ0) is 17.5. The number of hydrogen-bond acceptors (Lipinski definition) is 4. The summed E-state index contributed by atoms with van der Waals surface area (Å²) in [6, 6.07) is 12.8. The summed E-state index contributed by atoms with van der Waals surface area (Å²) in [5.41, 5.74) is 2.03. The first kappa shape index (κ1) is 17.5. The lowest BCUT2D eigenvalue weighted by Crippen LogP contribution is -2.36. The molecule has 24 heavy (non-hydrogen) atoms. The summed E-state index contributed by atoms with van der Waals surface area (Å²) in [6.07, 6.45) is 1.61. The van der Waals surface area contributed by atoms with Crippen molar-refractivity contribution in [1.29, 1.82) is 5.26 Å². The molecule has 0 bridgehead atoms. The van der Waals surface area contributed by atoms with Crippen molar-refractivity contribution in [1.82, 2.24) is 9.88 Å². The van der Waals surface area contributed by atoms with Crippen LogP contribution in [0.15, 0.2) is 42.6 Å². The highest BCUT2D eigenvalue weighted by Gasteiger charge is 2.22. The van der Waals surface area contributed by atoms with E-state index in [-0.39, 0.29) is 11.9 Å². The van der Waals surface area contributed by atoms with E-state index in [1.54, 1.807) is 35.4 Å². The summed E-state index contributed by atoms with van der Waals surface area (Å²) in [5, 5.41) is 8.88. The molecule has 1 aromatic carbocycles. The second-order valence-electron chi connectivity index (χ2n) is 5.62. The van der Waals surface area contributed by atoms with E-state index in [2.05, 4.69) is 11.1 Å². The number of pyridine rings is 1. The minimum atomic E-state index is -0.120. The summed E-state index contributed by atoms with van der Waals surface area (Å²) in [5.74, 6) is 0.237. The van der Waals surface area contributed by atoms with E-state index in [0.29, 0.717) is 30.2 Å². The van der Waals surface area contributed by atoms with Gasteiger partial charge in [0.2, 0.25) is 5.88 Å². The Morgan fingerprint density at radius 1 is 1.29 bits per heavy atom. The highest BCUT2D eigenvalue weighted by atomic mass is 16.5. The van der Waals surface area contributed by atoms with Gasteiger partial charge < -0.3 is 9.64 Å². The van der Waals surface area contributed by atoms with Gasteiger partial charge in [-0.15, -0.1) is 0 Å². The van der Waals surface area contributed by atoms with Crippen LogP contribution in [0.4, 0.5) is 0 Å². The van der Waals surface area contributed by atoms with E-state index in [0.717, 1.165) is 5.56 Å². The Hall–Kier alpha value is -2.87. The van der Waals surface area contributed by atoms with Crippen molar-refractivity contribution in [2.45, 2.75) is 33.4 Å². The summed E-state index contributed by atoms with van der Waals surface area (Å²) in [4.78, 5) is 18.9. The van der Waals surface area contributed by atoms with Gasteiger partial charge in [-0.1, -0.05) is 12.1 Å². The number of nitrogens with zero attached hydrogens (tertiary/aromatic N) is 3. The zero-order valence-corrected chi connectivity index (χ0v) is 14.2. The van der Waals surface area contributed by atoms with Gasteiger partial charge in [-0.3, -0.25) is 4.79 Å². The van der Waals surface area contributed by atoms with E-state index < -0.39 is 0 Å². The van der Waals surface area contributed by atoms with E-state index in [9.17, 15) is 4.79 Å². The average Bonchev–Trinajstić information content (AvgIpc) is 2.60. The van der Waals surface area contributed by atoms with Crippen LogP contribution in [0.3, 0.4) is 0 Å². The van der Waals surface area contributed by atoms with Crippen LogP contribution in [0.2, 0.25) is 0 Å². The number of carbonyl (C=O) groups is 1. The lowest BCUT2D eigenvalue weighted by atomic mass is 10.1. The Morgan fingerprint density at radius 3 is 2.58 bits per heavy atom. The van der Waals surface area contributed by atoms with Crippen molar-refractivity contribution in [3.8, 4) is 11.9 Å². The molecule has 0 aliphatic carbocycles. The molecule has 124 valence electrons. The maximum absolute atomic E-state index is 13.0. The third-order valence-electron chi connectivity index (χ3n) is 3.60. The third-order valence-corrected chi connectivity index (χ3v) is 3.60. The molecule has 0 spiro atoms. The summed E-state index contributed by atoms with van der Waals surface area (Å²) in [7, 11) is 0. The quantitative estimate of drug-likeness (QED) is 0.817. The molecule has 2 aromatic rings. The van der Waals surface area contributed by atoms with Crippen LogP contribution in [-0.2, 0) is 6.54 Å². The Bertz CT molecular complexity index is 733. The number of rotatable bonds is 6. The number of benzene rings is 1. The lowest BCUT2D eigenvalue weighted by Gasteiger charge is -2.27. The number of hydrogen-bond donors (Lipinski definition) is 0. The molecule has 1 amide bonds. The molecular formula is C19H21N3O2. The molecule has 1 heterocycles. The van der Waals surface area contributed by atoms with Crippen molar-refractivity contribution in [3.63, 3.8) is 0 Å². The van der Waals surface area contributed by atoms with Gasteiger partial charge in [0.15, 0.2) is 0 Å². The predicted octanol–water partition coefficient (Wildman–Crippen LogP) is 3.40. The van der Waals surface area contributed by atoms with Crippen molar-refractivity contribution in [3.05, 3.63) is 59.3 Å².